The van der Waals surface area contributed by atoms with E-state index < -0.39 is 12.2 Å². The number of hydrogen-bond acceptors (Lipinski definition) is 2. The van der Waals surface area contributed by atoms with Crippen molar-refractivity contribution in [1.82, 2.24) is 0 Å². The zero-order chi connectivity index (χ0) is 22.6. The van der Waals surface area contributed by atoms with E-state index in [1.54, 1.807) is 36.4 Å². The molecule has 0 saturated heterocycles. The van der Waals surface area contributed by atoms with Gasteiger partial charge in [0.15, 0.2) is 11.6 Å². The number of hydrogen-bond donors (Lipinski definition) is 0. The van der Waals surface area contributed by atoms with Crippen molar-refractivity contribution in [2.75, 3.05) is 0 Å². The first kappa shape index (κ1) is 21.7. The van der Waals surface area contributed by atoms with Crippen LogP contribution in [0.3, 0.4) is 0 Å². The predicted octanol–water partition coefficient (Wildman–Crippen LogP) is 8.02. The second kappa shape index (κ2) is 9.30. The van der Waals surface area contributed by atoms with Crippen molar-refractivity contribution in [2.24, 2.45) is 5.92 Å². The molecule has 32 heavy (non-hydrogen) atoms. The van der Waals surface area contributed by atoms with Crippen molar-refractivity contribution in [3.63, 3.8) is 0 Å². The number of halogens is 4. The maximum atomic E-state index is 14.1. The van der Waals surface area contributed by atoms with E-state index in [1.807, 2.05) is 36.4 Å². The first-order chi connectivity index (χ1) is 15.4. The van der Waals surface area contributed by atoms with Gasteiger partial charge in [-0.3, -0.25) is 0 Å². The summed E-state index contributed by atoms with van der Waals surface area (Å²) in [6.45, 7) is 0. The summed E-state index contributed by atoms with van der Waals surface area (Å²) in [4.78, 5) is 0. The van der Waals surface area contributed by atoms with Crippen molar-refractivity contribution >= 4 is 11.6 Å². The molecular weight excluding hydrogens is 420 g/mol. The van der Waals surface area contributed by atoms with E-state index in [9.17, 15) is 17.6 Å². The third kappa shape index (κ3) is 6.00. The Balaban J connectivity index is 1.50. The molecule has 1 saturated carbocycles. The molecule has 3 aromatic rings. The van der Waals surface area contributed by atoms with Gasteiger partial charge < -0.3 is 9.47 Å². The minimum Gasteiger partial charge on any atom is -0.454 e. The van der Waals surface area contributed by atoms with Gasteiger partial charge in [0.05, 0.1) is 0 Å². The van der Waals surface area contributed by atoms with Crippen LogP contribution >= 0.6 is 0 Å². The highest BCUT2D eigenvalue weighted by atomic mass is 19.4. The van der Waals surface area contributed by atoms with Gasteiger partial charge in [0.2, 0.25) is 0 Å². The van der Waals surface area contributed by atoms with E-state index in [0.717, 1.165) is 29.5 Å². The Morgan fingerprint density at radius 2 is 1.59 bits per heavy atom. The van der Waals surface area contributed by atoms with Crippen LogP contribution in [0.5, 0.6) is 17.2 Å². The van der Waals surface area contributed by atoms with E-state index in [0.29, 0.717) is 11.7 Å². The van der Waals surface area contributed by atoms with Crippen LogP contribution in [0.4, 0.5) is 17.6 Å². The molecule has 0 spiro atoms. The maximum Gasteiger partial charge on any atom is 0.573 e. The molecule has 0 unspecified atom stereocenters. The second-order valence-corrected chi connectivity index (χ2v) is 7.43. The third-order valence-electron chi connectivity index (χ3n) is 4.93. The molecule has 164 valence electrons. The summed E-state index contributed by atoms with van der Waals surface area (Å²) in [6.07, 6.45) is 2.99. The largest absolute Gasteiger partial charge is 0.573 e. The Morgan fingerprint density at radius 3 is 2.25 bits per heavy atom. The van der Waals surface area contributed by atoms with Gasteiger partial charge in [0, 0.05) is 0 Å². The molecule has 0 amide bonds. The topological polar surface area (TPSA) is 18.5 Å². The van der Waals surface area contributed by atoms with E-state index in [1.165, 1.54) is 18.2 Å². The van der Waals surface area contributed by atoms with Gasteiger partial charge in [-0.2, -0.15) is 0 Å². The molecular formula is C26H20F4O2. The van der Waals surface area contributed by atoms with Crippen molar-refractivity contribution in [2.45, 2.75) is 19.2 Å². The van der Waals surface area contributed by atoms with Gasteiger partial charge in [-0.25, -0.2) is 4.39 Å². The molecule has 2 nitrogen and oxygen atoms in total. The zero-order valence-corrected chi connectivity index (χ0v) is 17.0. The van der Waals surface area contributed by atoms with Crippen LogP contribution in [0.15, 0.2) is 84.9 Å². The van der Waals surface area contributed by atoms with Crippen molar-refractivity contribution in [3.05, 3.63) is 102 Å². The van der Waals surface area contributed by atoms with Gasteiger partial charge in [0.1, 0.15) is 11.5 Å². The SMILES string of the molecule is Fc1ccc(C=CC=C(c2ccc(OC(F)(F)F)cc2)C2CC2)cc1Oc1ccccc1. The highest BCUT2D eigenvalue weighted by Gasteiger charge is 2.31. The minimum atomic E-state index is -4.71. The fourth-order valence-electron chi connectivity index (χ4n) is 3.29. The molecule has 0 N–H and O–H groups in total. The molecule has 0 aliphatic heterocycles. The third-order valence-corrected chi connectivity index (χ3v) is 4.93. The lowest BCUT2D eigenvalue weighted by atomic mass is 10.0. The molecule has 0 heterocycles. The molecule has 1 aliphatic carbocycles. The average Bonchev–Trinajstić information content (AvgIpc) is 3.59. The van der Waals surface area contributed by atoms with Crippen LogP contribution < -0.4 is 9.47 Å². The molecule has 1 aliphatic rings. The Kier molecular flexibility index (Phi) is 6.30. The predicted molar refractivity (Wildman–Crippen MR) is 116 cm³/mol. The summed E-state index contributed by atoms with van der Waals surface area (Å²) < 4.78 is 60.8. The van der Waals surface area contributed by atoms with Crippen LogP contribution in [-0.4, -0.2) is 6.36 Å². The van der Waals surface area contributed by atoms with Crippen LogP contribution in [0.1, 0.15) is 24.0 Å². The number of benzene rings is 3. The second-order valence-electron chi connectivity index (χ2n) is 7.43. The van der Waals surface area contributed by atoms with Crippen molar-refractivity contribution in [3.8, 4) is 17.2 Å². The summed E-state index contributed by atoms with van der Waals surface area (Å²) in [5.74, 6) is 0.344. The summed E-state index contributed by atoms with van der Waals surface area (Å²) >= 11 is 0. The van der Waals surface area contributed by atoms with Crippen LogP contribution in [0.2, 0.25) is 0 Å². The molecule has 0 aromatic heterocycles. The number of alkyl halides is 3. The summed E-state index contributed by atoms with van der Waals surface area (Å²) in [5, 5.41) is 0. The fourth-order valence-corrected chi connectivity index (χ4v) is 3.29. The van der Waals surface area contributed by atoms with Crippen LogP contribution in [0, 0.1) is 11.7 Å². The van der Waals surface area contributed by atoms with Crippen LogP contribution in [-0.2, 0) is 0 Å². The fraction of sp³-hybridized carbons (Fsp3) is 0.154. The zero-order valence-electron chi connectivity index (χ0n) is 17.0. The lowest BCUT2D eigenvalue weighted by molar-refractivity contribution is -0.274. The van der Waals surface area contributed by atoms with E-state index in [-0.39, 0.29) is 11.5 Å². The first-order valence-electron chi connectivity index (χ1n) is 10.1. The van der Waals surface area contributed by atoms with Crippen LogP contribution in [0.25, 0.3) is 11.6 Å². The lowest BCUT2D eigenvalue weighted by Gasteiger charge is -2.10. The van der Waals surface area contributed by atoms with Gasteiger partial charge in [-0.05, 0) is 71.9 Å². The van der Waals surface area contributed by atoms with Gasteiger partial charge in [0.25, 0.3) is 0 Å². The summed E-state index contributed by atoms with van der Waals surface area (Å²) in [6, 6.07) is 19.5. The minimum absolute atomic E-state index is 0.130. The van der Waals surface area contributed by atoms with E-state index in [2.05, 4.69) is 4.74 Å². The smallest absolute Gasteiger partial charge is 0.454 e. The summed E-state index contributed by atoms with van der Waals surface area (Å²) in [5.41, 5.74) is 2.65. The van der Waals surface area contributed by atoms with Gasteiger partial charge in [-0.1, -0.05) is 54.6 Å². The number of para-hydroxylation sites is 1. The molecule has 0 radical (unpaired) electrons. The van der Waals surface area contributed by atoms with Crippen molar-refractivity contribution in [1.29, 1.82) is 0 Å². The molecule has 3 aromatic carbocycles. The number of allylic oxidation sites excluding steroid dienone is 3. The number of rotatable bonds is 7. The lowest BCUT2D eigenvalue weighted by Crippen LogP contribution is -2.17. The molecule has 6 heteroatoms. The Bertz CT molecular complexity index is 1110. The van der Waals surface area contributed by atoms with Gasteiger partial charge >= 0.3 is 6.36 Å². The standard InChI is InChI=1S/C26H20F4O2/c27-24-16-9-18(17-25(24)31-21-6-2-1-3-7-21)5-4-8-23(19-10-11-19)20-12-14-22(15-13-20)32-26(28,29)30/h1-9,12-17,19H,10-11H2. The Morgan fingerprint density at radius 1 is 0.875 bits per heavy atom. The quantitative estimate of drug-likeness (QED) is 0.274. The van der Waals surface area contributed by atoms with E-state index >= 15 is 0 Å². The average molecular weight is 440 g/mol. The molecule has 1 fully saturated rings. The van der Waals surface area contributed by atoms with Crippen molar-refractivity contribution < 1.29 is 27.0 Å². The maximum absolute atomic E-state index is 14.1. The molecule has 0 atom stereocenters. The Hall–Kier alpha value is -3.54. The molecule has 4 rings (SSSR count). The molecule has 0 bridgehead atoms. The normalized spacial score (nSPS) is 14.6. The summed E-state index contributed by atoms with van der Waals surface area (Å²) in [7, 11) is 0. The van der Waals surface area contributed by atoms with Gasteiger partial charge in [-0.15, -0.1) is 13.2 Å². The van der Waals surface area contributed by atoms with E-state index in [4.69, 9.17) is 4.74 Å². The monoisotopic (exact) mass is 440 g/mol. The number of ether oxygens (including phenoxy) is 2. The highest BCUT2D eigenvalue weighted by Crippen LogP contribution is 2.42. The first-order valence-corrected chi connectivity index (χ1v) is 10.1. The Labute approximate surface area is 183 Å². The highest BCUT2D eigenvalue weighted by molar-refractivity contribution is 5.72.